The third-order valence-corrected chi connectivity index (χ3v) is 3.42. The third kappa shape index (κ3) is 2.56. The van der Waals surface area contributed by atoms with Crippen LogP contribution in [0.2, 0.25) is 0 Å². The zero-order chi connectivity index (χ0) is 14.7. The molecule has 0 aliphatic heterocycles. The number of ether oxygens (including phenoxy) is 1. The number of hydrogen-bond acceptors (Lipinski definition) is 3. The molecule has 0 amide bonds. The van der Waals surface area contributed by atoms with Crippen LogP contribution in [0.3, 0.4) is 0 Å². The molecular formula is C18H15NO2. The van der Waals surface area contributed by atoms with Gasteiger partial charge in [0.2, 0.25) is 0 Å². The Morgan fingerprint density at radius 3 is 2.52 bits per heavy atom. The molecule has 3 nitrogen and oxygen atoms in total. The maximum absolute atomic E-state index is 12.9. The zero-order valence-corrected chi connectivity index (χ0v) is 11.7. The van der Waals surface area contributed by atoms with Crippen LogP contribution in [-0.2, 0) is 11.3 Å². The largest absolute Gasteiger partial charge is 0.378 e. The number of ketones is 1. The van der Waals surface area contributed by atoms with Crippen molar-refractivity contribution in [1.29, 1.82) is 0 Å². The first-order valence-corrected chi connectivity index (χ1v) is 6.76. The number of rotatable bonds is 4. The Labute approximate surface area is 123 Å². The zero-order valence-electron chi connectivity index (χ0n) is 11.7. The molecule has 3 heteroatoms. The van der Waals surface area contributed by atoms with Crippen molar-refractivity contribution in [1.82, 2.24) is 4.98 Å². The number of carbonyl (C=O) groups is 1. The first kappa shape index (κ1) is 13.5. The normalized spacial score (nSPS) is 10.7. The van der Waals surface area contributed by atoms with Crippen molar-refractivity contribution in [2.45, 2.75) is 6.61 Å². The highest BCUT2D eigenvalue weighted by Gasteiger charge is 2.18. The van der Waals surface area contributed by atoms with Gasteiger partial charge in [-0.25, -0.2) is 0 Å². The van der Waals surface area contributed by atoms with Crippen LogP contribution in [0.5, 0.6) is 0 Å². The molecule has 21 heavy (non-hydrogen) atoms. The molecule has 0 unspecified atom stereocenters. The number of benzene rings is 2. The number of carbonyl (C=O) groups excluding carboxylic acids is 1. The quantitative estimate of drug-likeness (QED) is 0.684. The van der Waals surface area contributed by atoms with Crippen LogP contribution in [0.25, 0.3) is 10.8 Å². The molecule has 0 fully saturated rings. The maximum atomic E-state index is 12.9. The van der Waals surface area contributed by atoms with Gasteiger partial charge in [-0.15, -0.1) is 0 Å². The van der Waals surface area contributed by atoms with Crippen LogP contribution in [0, 0.1) is 0 Å². The first-order valence-electron chi connectivity index (χ1n) is 6.76. The summed E-state index contributed by atoms with van der Waals surface area (Å²) in [6.07, 6.45) is 1.78. The summed E-state index contributed by atoms with van der Waals surface area (Å²) in [7, 11) is 1.60. The molecule has 0 spiro atoms. The van der Waals surface area contributed by atoms with Crippen LogP contribution in [0.1, 0.15) is 21.6 Å². The van der Waals surface area contributed by atoms with Gasteiger partial charge in [0.1, 0.15) is 0 Å². The Balaban J connectivity index is 2.23. The predicted octanol–water partition coefficient (Wildman–Crippen LogP) is 3.61. The Hall–Kier alpha value is -2.52. The summed E-state index contributed by atoms with van der Waals surface area (Å²) in [5.74, 6) is -0.0213. The molecule has 104 valence electrons. The van der Waals surface area contributed by atoms with Crippen LogP contribution in [0.15, 0.2) is 60.8 Å². The Kier molecular flexibility index (Phi) is 3.75. The van der Waals surface area contributed by atoms with E-state index in [1.807, 2.05) is 54.6 Å². The third-order valence-electron chi connectivity index (χ3n) is 3.42. The number of aromatic nitrogens is 1. The van der Waals surface area contributed by atoms with E-state index in [9.17, 15) is 4.79 Å². The highest BCUT2D eigenvalue weighted by Crippen LogP contribution is 2.24. The molecule has 0 N–H and O–H groups in total. The summed E-state index contributed by atoms with van der Waals surface area (Å²) in [5.41, 5.74) is 1.96. The van der Waals surface area contributed by atoms with Gasteiger partial charge in [0.25, 0.3) is 0 Å². The van der Waals surface area contributed by atoms with Gasteiger partial charge in [0.05, 0.1) is 17.9 Å². The number of methoxy groups -OCH3 is 1. The second-order valence-electron chi connectivity index (χ2n) is 4.80. The minimum absolute atomic E-state index is 0.0213. The van der Waals surface area contributed by atoms with Crippen LogP contribution in [-0.4, -0.2) is 17.9 Å². The maximum Gasteiger partial charge on any atom is 0.195 e. The number of nitrogens with zero attached hydrogens (tertiary/aromatic N) is 1. The Morgan fingerprint density at radius 1 is 1.05 bits per heavy atom. The highest BCUT2D eigenvalue weighted by molar-refractivity contribution is 6.17. The molecule has 3 rings (SSSR count). The fourth-order valence-corrected chi connectivity index (χ4v) is 2.44. The predicted molar refractivity (Wildman–Crippen MR) is 82.3 cm³/mol. The molecule has 0 radical (unpaired) electrons. The van der Waals surface area contributed by atoms with Gasteiger partial charge >= 0.3 is 0 Å². The second kappa shape index (κ2) is 5.85. The van der Waals surface area contributed by atoms with E-state index in [0.29, 0.717) is 23.4 Å². The van der Waals surface area contributed by atoms with Crippen molar-refractivity contribution in [3.8, 4) is 0 Å². The van der Waals surface area contributed by atoms with Crippen molar-refractivity contribution >= 4 is 16.6 Å². The van der Waals surface area contributed by atoms with Gasteiger partial charge in [-0.3, -0.25) is 9.78 Å². The number of pyridine rings is 1. The van der Waals surface area contributed by atoms with Gasteiger partial charge in [0.15, 0.2) is 5.78 Å². The van der Waals surface area contributed by atoms with Crippen molar-refractivity contribution in [3.63, 3.8) is 0 Å². The monoisotopic (exact) mass is 277 g/mol. The summed E-state index contributed by atoms with van der Waals surface area (Å²) in [6.45, 7) is 0.318. The lowest BCUT2D eigenvalue weighted by atomic mass is 9.96. The fraction of sp³-hybridized carbons (Fsp3) is 0.111. The lowest BCUT2D eigenvalue weighted by Crippen LogP contribution is -2.09. The molecule has 2 aromatic carbocycles. The molecule has 0 saturated carbocycles. The lowest BCUT2D eigenvalue weighted by Gasteiger charge is -2.11. The SMILES string of the molecule is COCc1ncc2ccccc2c1C(=O)c1ccccc1. The van der Waals surface area contributed by atoms with Crippen molar-refractivity contribution in [3.05, 3.63) is 77.6 Å². The van der Waals surface area contributed by atoms with Crippen LogP contribution < -0.4 is 0 Å². The van der Waals surface area contributed by atoms with E-state index < -0.39 is 0 Å². The van der Waals surface area contributed by atoms with E-state index in [0.717, 1.165) is 10.8 Å². The van der Waals surface area contributed by atoms with Crippen molar-refractivity contribution in [2.75, 3.05) is 7.11 Å². The topological polar surface area (TPSA) is 39.2 Å². The van der Waals surface area contributed by atoms with E-state index in [-0.39, 0.29) is 5.78 Å². The molecule has 1 heterocycles. The molecule has 1 aromatic heterocycles. The van der Waals surface area contributed by atoms with Crippen LogP contribution in [0.4, 0.5) is 0 Å². The summed E-state index contributed by atoms with van der Waals surface area (Å²) < 4.78 is 5.19. The Bertz CT molecular complexity index is 782. The lowest BCUT2D eigenvalue weighted by molar-refractivity contribution is 0.103. The van der Waals surface area contributed by atoms with E-state index in [1.54, 1.807) is 13.3 Å². The fourth-order valence-electron chi connectivity index (χ4n) is 2.44. The summed E-state index contributed by atoms with van der Waals surface area (Å²) >= 11 is 0. The number of fused-ring (bicyclic) bond motifs is 1. The van der Waals surface area contributed by atoms with Crippen molar-refractivity contribution in [2.24, 2.45) is 0 Å². The van der Waals surface area contributed by atoms with E-state index in [4.69, 9.17) is 4.74 Å². The van der Waals surface area contributed by atoms with Gasteiger partial charge in [-0.1, -0.05) is 54.6 Å². The summed E-state index contributed by atoms with van der Waals surface area (Å²) in [4.78, 5) is 17.3. The van der Waals surface area contributed by atoms with Gasteiger partial charge in [0, 0.05) is 24.3 Å². The van der Waals surface area contributed by atoms with Gasteiger partial charge in [-0.05, 0) is 5.39 Å². The van der Waals surface area contributed by atoms with E-state index in [2.05, 4.69) is 4.98 Å². The van der Waals surface area contributed by atoms with E-state index >= 15 is 0 Å². The van der Waals surface area contributed by atoms with Gasteiger partial charge in [-0.2, -0.15) is 0 Å². The minimum Gasteiger partial charge on any atom is -0.378 e. The molecule has 0 bridgehead atoms. The summed E-state index contributed by atoms with van der Waals surface area (Å²) in [5, 5.41) is 1.87. The van der Waals surface area contributed by atoms with Gasteiger partial charge < -0.3 is 4.74 Å². The average molecular weight is 277 g/mol. The minimum atomic E-state index is -0.0213. The molecular weight excluding hydrogens is 262 g/mol. The average Bonchev–Trinajstić information content (AvgIpc) is 2.55. The Morgan fingerprint density at radius 2 is 1.76 bits per heavy atom. The second-order valence-corrected chi connectivity index (χ2v) is 4.80. The molecule has 0 atom stereocenters. The molecule has 3 aromatic rings. The first-order chi connectivity index (χ1) is 10.3. The molecule has 0 aliphatic rings. The van der Waals surface area contributed by atoms with Crippen molar-refractivity contribution < 1.29 is 9.53 Å². The standard InChI is InChI=1S/C18H15NO2/c1-21-12-16-17(18(20)13-7-3-2-4-8-13)15-10-6-5-9-14(15)11-19-16/h2-11H,12H2,1H3. The molecule has 0 aliphatic carbocycles. The van der Waals surface area contributed by atoms with Crippen LogP contribution >= 0.6 is 0 Å². The number of hydrogen-bond donors (Lipinski definition) is 0. The smallest absolute Gasteiger partial charge is 0.195 e. The summed E-state index contributed by atoms with van der Waals surface area (Å²) in [6, 6.07) is 17.0. The molecule has 0 saturated heterocycles. The highest BCUT2D eigenvalue weighted by atomic mass is 16.5. The van der Waals surface area contributed by atoms with E-state index in [1.165, 1.54) is 0 Å².